The molecule has 2 aromatic rings. The summed E-state index contributed by atoms with van der Waals surface area (Å²) in [7, 11) is -2.02. The molecule has 40 heavy (non-hydrogen) atoms. The van der Waals surface area contributed by atoms with E-state index in [1.807, 2.05) is 0 Å². The lowest BCUT2D eigenvalue weighted by atomic mass is 9.77. The Morgan fingerprint density at radius 3 is 2.45 bits per heavy atom. The second-order valence-corrected chi connectivity index (χ2v) is 11.9. The number of ketones is 1. The average molecular weight is 585 g/mol. The first-order valence-corrected chi connectivity index (χ1v) is 14.7. The number of carbonyl (C=O) groups is 2. The van der Waals surface area contributed by atoms with Gasteiger partial charge in [-0.05, 0) is 40.2 Å². The molecule has 0 aliphatic carbocycles. The number of fused-ring (bicyclic) bond motifs is 1. The normalized spacial score (nSPS) is 16.5. The van der Waals surface area contributed by atoms with Crippen LogP contribution in [0.2, 0.25) is 0 Å². The van der Waals surface area contributed by atoms with Crippen LogP contribution in [-0.2, 0) is 31.4 Å². The molecule has 0 fully saturated rings. The molecular formula is C27H35F2N2O8P. The van der Waals surface area contributed by atoms with Crippen molar-refractivity contribution in [3.63, 3.8) is 0 Å². The second-order valence-electron chi connectivity index (χ2n) is 9.76. The molecule has 1 unspecified atom stereocenters. The molecule has 0 radical (unpaired) electrons. The van der Waals surface area contributed by atoms with Crippen molar-refractivity contribution in [3.05, 3.63) is 63.1 Å². The maximum absolute atomic E-state index is 14.0. The third kappa shape index (κ3) is 6.86. The minimum atomic E-state index is -3.25. The SMILES string of the molecule is CCOP(=O)(CCCOC1Cn2cc(C(=O)NCc3ccc(F)cc3F)c(=O)c(OC)c2C(=O)C1(C)C)OCC. The number of carbonyl (C=O) groups excluding carboxylic acids is 2. The van der Waals surface area contributed by atoms with Crippen molar-refractivity contribution >= 4 is 19.3 Å². The summed E-state index contributed by atoms with van der Waals surface area (Å²) in [6, 6.07) is 2.94. The predicted octanol–water partition coefficient (Wildman–Crippen LogP) is 4.33. The van der Waals surface area contributed by atoms with Crippen LogP contribution in [0, 0.1) is 17.0 Å². The van der Waals surface area contributed by atoms with Gasteiger partial charge in [0.25, 0.3) is 5.91 Å². The van der Waals surface area contributed by atoms with Gasteiger partial charge < -0.3 is 28.4 Å². The van der Waals surface area contributed by atoms with Gasteiger partial charge in [-0.2, -0.15) is 0 Å². The van der Waals surface area contributed by atoms with E-state index in [0.29, 0.717) is 12.5 Å². The molecule has 1 N–H and O–H groups in total. The van der Waals surface area contributed by atoms with Crippen molar-refractivity contribution in [2.75, 3.05) is 33.1 Å². The molecule has 1 aliphatic heterocycles. The fourth-order valence-electron chi connectivity index (χ4n) is 4.47. The number of Topliss-reactive ketones (excluding diaryl/α,β-unsaturated/α-hetero) is 1. The van der Waals surface area contributed by atoms with Crippen LogP contribution in [0.3, 0.4) is 0 Å². The zero-order valence-electron chi connectivity index (χ0n) is 23.3. The maximum Gasteiger partial charge on any atom is 0.330 e. The molecule has 13 heteroatoms. The van der Waals surface area contributed by atoms with Gasteiger partial charge in [0.2, 0.25) is 5.43 Å². The largest absolute Gasteiger partial charge is 0.491 e. The average Bonchev–Trinajstić information content (AvgIpc) is 2.89. The molecule has 0 saturated heterocycles. The number of benzene rings is 1. The van der Waals surface area contributed by atoms with E-state index >= 15 is 0 Å². The zero-order valence-corrected chi connectivity index (χ0v) is 24.1. The van der Waals surface area contributed by atoms with Crippen LogP contribution in [0.25, 0.3) is 0 Å². The van der Waals surface area contributed by atoms with E-state index in [-0.39, 0.29) is 61.6 Å². The fourth-order valence-corrected chi connectivity index (χ4v) is 6.10. The molecule has 10 nitrogen and oxygen atoms in total. The highest BCUT2D eigenvalue weighted by molar-refractivity contribution is 7.53. The molecule has 1 aliphatic rings. The molecule has 220 valence electrons. The number of nitrogens with zero attached hydrogens (tertiary/aromatic N) is 1. The monoisotopic (exact) mass is 584 g/mol. The Balaban J connectivity index is 1.81. The van der Waals surface area contributed by atoms with E-state index < -0.39 is 47.9 Å². The minimum Gasteiger partial charge on any atom is -0.491 e. The van der Waals surface area contributed by atoms with Crippen molar-refractivity contribution in [1.82, 2.24) is 9.88 Å². The Hall–Kier alpha value is -2.92. The van der Waals surface area contributed by atoms with E-state index in [1.54, 1.807) is 27.7 Å². The topological polar surface area (TPSA) is 122 Å². The molecule has 2 heterocycles. The van der Waals surface area contributed by atoms with Gasteiger partial charge in [-0.15, -0.1) is 0 Å². The first-order valence-electron chi connectivity index (χ1n) is 13.0. The lowest BCUT2D eigenvalue weighted by molar-refractivity contribution is -0.0328. The molecule has 0 bridgehead atoms. The van der Waals surface area contributed by atoms with Crippen LogP contribution in [0.15, 0.2) is 29.2 Å². The number of aromatic nitrogens is 1. The molecule has 1 amide bonds. The van der Waals surface area contributed by atoms with Crippen molar-refractivity contribution < 1.29 is 41.5 Å². The summed E-state index contributed by atoms with van der Waals surface area (Å²) < 4.78 is 63.3. The number of methoxy groups -OCH3 is 1. The van der Waals surface area contributed by atoms with Gasteiger partial charge in [-0.1, -0.05) is 6.07 Å². The quantitative estimate of drug-likeness (QED) is 0.273. The molecule has 1 aromatic heterocycles. The van der Waals surface area contributed by atoms with Gasteiger partial charge in [0, 0.05) is 31.0 Å². The van der Waals surface area contributed by atoms with Crippen LogP contribution in [0.1, 0.15) is 60.5 Å². The Kier molecular flexibility index (Phi) is 10.4. The van der Waals surface area contributed by atoms with E-state index in [9.17, 15) is 27.7 Å². The summed E-state index contributed by atoms with van der Waals surface area (Å²) in [5, 5.41) is 2.45. The highest BCUT2D eigenvalue weighted by Gasteiger charge is 2.45. The summed E-state index contributed by atoms with van der Waals surface area (Å²) in [6.45, 7) is 7.31. The van der Waals surface area contributed by atoms with Crippen LogP contribution < -0.4 is 15.5 Å². The molecule has 0 spiro atoms. The number of pyridine rings is 1. The van der Waals surface area contributed by atoms with E-state index in [2.05, 4.69) is 5.32 Å². The Labute approximate surface area is 231 Å². The Morgan fingerprint density at radius 2 is 1.85 bits per heavy atom. The lowest BCUT2D eigenvalue weighted by Crippen LogP contribution is -2.49. The lowest BCUT2D eigenvalue weighted by Gasteiger charge is -2.39. The summed E-state index contributed by atoms with van der Waals surface area (Å²) in [5.74, 6) is -3.11. The van der Waals surface area contributed by atoms with Gasteiger partial charge >= 0.3 is 7.60 Å². The summed E-state index contributed by atoms with van der Waals surface area (Å²) in [6.07, 6.45) is 1.10. The Morgan fingerprint density at radius 1 is 1.18 bits per heavy atom. The van der Waals surface area contributed by atoms with Crippen molar-refractivity contribution in [3.8, 4) is 5.75 Å². The van der Waals surface area contributed by atoms with Crippen molar-refractivity contribution in [2.24, 2.45) is 5.41 Å². The third-order valence-corrected chi connectivity index (χ3v) is 8.82. The molecule has 3 rings (SSSR count). The fraction of sp³-hybridized carbons (Fsp3) is 0.519. The number of amides is 1. The minimum absolute atomic E-state index is 0.00988. The predicted molar refractivity (Wildman–Crippen MR) is 143 cm³/mol. The molecule has 1 atom stereocenters. The molecular weight excluding hydrogens is 549 g/mol. The van der Waals surface area contributed by atoms with Gasteiger partial charge in [0.05, 0.1) is 44.5 Å². The molecule has 1 aromatic carbocycles. The van der Waals surface area contributed by atoms with Crippen LogP contribution in [0.5, 0.6) is 5.75 Å². The highest BCUT2D eigenvalue weighted by atomic mass is 31.2. The number of hydrogen-bond donors (Lipinski definition) is 1. The van der Waals surface area contributed by atoms with E-state index in [4.69, 9.17) is 18.5 Å². The molecule has 0 saturated carbocycles. The van der Waals surface area contributed by atoms with Crippen LogP contribution in [0.4, 0.5) is 8.78 Å². The van der Waals surface area contributed by atoms with Gasteiger partial charge in [-0.25, -0.2) is 8.78 Å². The summed E-state index contributed by atoms with van der Waals surface area (Å²) >= 11 is 0. The zero-order chi connectivity index (χ0) is 29.7. The van der Waals surface area contributed by atoms with Crippen molar-refractivity contribution in [2.45, 2.75) is 53.3 Å². The van der Waals surface area contributed by atoms with E-state index in [1.165, 1.54) is 23.9 Å². The second kappa shape index (κ2) is 13.2. The number of rotatable bonds is 13. The first-order chi connectivity index (χ1) is 18.9. The Bertz CT molecular complexity index is 1350. The van der Waals surface area contributed by atoms with Crippen LogP contribution >= 0.6 is 7.60 Å². The first kappa shape index (κ1) is 31.6. The number of ether oxygens (including phenoxy) is 2. The number of hydrogen-bond acceptors (Lipinski definition) is 8. The number of halogens is 2. The van der Waals surface area contributed by atoms with Crippen molar-refractivity contribution in [1.29, 1.82) is 0 Å². The highest BCUT2D eigenvalue weighted by Crippen LogP contribution is 2.48. The maximum atomic E-state index is 14.0. The van der Waals surface area contributed by atoms with E-state index in [0.717, 1.165) is 6.07 Å². The standard InChI is InChI=1S/C27H35F2N2O8P/c1-6-38-40(35,39-7-2)12-8-11-37-21-16-31-15-19(23(32)24(36-5)22(31)25(33)27(21,3)4)26(34)30-14-17-9-10-18(28)13-20(17)29/h9-10,13,15,21H,6-8,11-12,14,16H2,1-5H3,(H,30,34). The third-order valence-electron chi connectivity index (χ3n) is 6.66. The van der Waals surface area contributed by atoms with Gasteiger partial charge in [0.15, 0.2) is 11.5 Å². The summed E-state index contributed by atoms with van der Waals surface area (Å²) in [4.78, 5) is 39.6. The van der Waals surface area contributed by atoms with Crippen LogP contribution in [-0.4, -0.2) is 55.5 Å². The summed E-state index contributed by atoms with van der Waals surface area (Å²) in [5.41, 5.74) is -2.12. The number of nitrogens with one attached hydrogen (secondary N) is 1. The smallest absolute Gasteiger partial charge is 0.330 e. The van der Waals surface area contributed by atoms with Gasteiger partial charge in [-0.3, -0.25) is 18.9 Å². The van der Waals surface area contributed by atoms with Gasteiger partial charge in [0.1, 0.15) is 22.9 Å².